The van der Waals surface area contributed by atoms with Crippen molar-refractivity contribution in [2.45, 2.75) is 26.3 Å². The molecule has 0 aliphatic carbocycles. The lowest BCUT2D eigenvalue weighted by Crippen LogP contribution is -2.30. The van der Waals surface area contributed by atoms with Gasteiger partial charge in [0, 0.05) is 0 Å². The van der Waals surface area contributed by atoms with Crippen molar-refractivity contribution in [2.75, 3.05) is 19.5 Å². The molecule has 0 saturated heterocycles. The highest BCUT2D eigenvalue weighted by molar-refractivity contribution is 7.20. The predicted octanol–water partition coefficient (Wildman–Crippen LogP) is 3.15. The van der Waals surface area contributed by atoms with E-state index in [4.69, 9.17) is 9.47 Å². The number of amides is 1. The Hall–Kier alpha value is -3.20. The maximum Gasteiger partial charge on any atom is 0.329 e. The number of ether oxygens (including phenoxy) is 2. The van der Waals surface area contributed by atoms with Crippen molar-refractivity contribution in [3.8, 4) is 5.75 Å². The van der Waals surface area contributed by atoms with Crippen LogP contribution in [0, 0.1) is 6.92 Å². The summed E-state index contributed by atoms with van der Waals surface area (Å²) in [7, 11) is 2.80. The normalized spacial score (nSPS) is 11.9. The van der Waals surface area contributed by atoms with Gasteiger partial charge in [0.1, 0.15) is 16.6 Å². The molecule has 8 nitrogen and oxygen atoms in total. The van der Waals surface area contributed by atoms with E-state index >= 15 is 0 Å². The Balaban J connectivity index is 2.04. The van der Waals surface area contributed by atoms with Gasteiger partial charge in [-0.3, -0.25) is 14.2 Å². The van der Waals surface area contributed by atoms with Gasteiger partial charge in [-0.1, -0.05) is 19.1 Å². The van der Waals surface area contributed by atoms with Crippen LogP contribution >= 0.6 is 11.3 Å². The fourth-order valence-corrected chi connectivity index (χ4v) is 4.15. The van der Waals surface area contributed by atoms with Crippen LogP contribution < -0.4 is 15.6 Å². The molecule has 0 spiro atoms. The molecule has 1 amide bonds. The number of aromatic nitrogens is 2. The number of hydrogen-bond acceptors (Lipinski definition) is 7. The molecule has 0 fully saturated rings. The molecular weight excluding hydrogens is 394 g/mol. The van der Waals surface area contributed by atoms with Gasteiger partial charge in [0.2, 0.25) is 0 Å². The molecule has 0 radical (unpaired) electrons. The van der Waals surface area contributed by atoms with Crippen molar-refractivity contribution in [3.05, 3.63) is 51.4 Å². The highest BCUT2D eigenvalue weighted by atomic mass is 32.1. The van der Waals surface area contributed by atoms with E-state index in [1.165, 1.54) is 25.1 Å². The Kier molecular flexibility index (Phi) is 5.97. The minimum atomic E-state index is -0.769. The van der Waals surface area contributed by atoms with Gasteiger partial charge in [-0.25, -0.2) is 9.78 Å². The van der Waals surface area contributed by atoms with Crippen LogP contribution in [0.2, 0.25) is 0 Å². The molecular formula is C20H21N3O5S. The van der Waals surface area contributed by atoms with Gasteiger partial charge in [-0.05, 0) is 31.0 Å². The molecule has 0 bridgehead atoms. The van der Waals surface area contributed by atoms with Crippen LogP contribution in [0.5, 0.6) is 5.75 Å². The number of thiophene rings is 1. The Morgan fingerprint density at radius 1 is 1.28 bits per heavy atom. The first-order valence-electron chi connectivity index (χ1n) is 8.95. The van der Waals surface area contributed by atoms with Gasteiger partial charge in [-0.2, -0.15) is 0 Å². The lowest BCUT2D eigenvalue weighted by atomic mass is 10.2. The van der Waals surface area contributed by atoms with Gasteiger partial charge < -0.3 is 14.8 Å². The fraction of sp³-hybridized carbons (Fsp3) is 0.300. The van der Waals surface area contributed by atoms with Gasteiger partial charge in [0.25, 0.3) is 11.5 Å². The largest absolute Gasteiger partial charge is 0.495 e. The van der Waals surface area contributed by atoms with E-state index in [0.717, 1.165) is 11.3 Å². The molecule has 29 heavy (non-hydrogen) atoms. The number of benzene rings is 1. The third kappa shape index (κ3) is 3.73. The summed E-state index contributed by atoms with van der Waals surface area (Å²) in [6, 6.07) is 6.29. The average Bonchev–Trinajstić information content (AvgIpc) is 3.07. The van der Waals surface area contributed by atoms with E-state index < -0.39 is 12.0 Å². The summed E-state index contributed by atoms with van der Waals surface area (Å²) in [6.45, 7) is 3.48. The maximum absolute atomic E-state index is 13.0. The maximum atomic E-state index is 13.0. The number of nitrogens with one attached hydrogen (secondary N) is 1. The van der Waals surface area contributed by atoms with Gasteiger partial charge in [0.05, 0.1) is 36.5 Å². The van der Waals surface area contributed by atoms with E-state index in [2.05, 4.69) is 10.3 Å². The van der Waals surface area contributed by atoms with Crippen LogP contribution in [-0.4, -0.2) is 35.6 Å². The molecule has 1 aromatic carbocycles. The Morgan fingerprint density at radius 2 is 2.00 bits per heavy atom. The summed E-state index contributed by atoms with van der Waals surface area (Å²) in [5.74, 6) is -0.345. The number of aryl methyl sites for hydroxylation is 1. The number of methoxy groups -OCH3 is 2. The second-order valence-corrected chi connectivity index (χ2v) is 7.29. The molecule has 2 aromatic heterocycles. The summed E-state index contributed by atoms with van der Waals surface area (Å²) < 4.78 is 11.3. The molecule has 3 rings (SSSR count). The van der Waals surface area contributed by atoms with Crippen LogP contribution in [-0.2, 0) is 9.53 Å². The molecule has 0 aliphatic heterocycles. The average molecular weight is 415 g/mol. The third-order valence-corrected chi connectivity index (χ3v) is 5.83. The molecule has 152 valence electrons. The van der Waals surface area contributed by atoms with E-state index in [9.17, 15) is 14.4 Å². The van der Waals surface area contributed by atoms with Crippen LogP contribution in [0.15, 0.2) is 35.4 Å². The molecule has 1 N–H and O–H groups in total. The first-order valence-corrected chi connectivity index (χ1v) is 9.77. The quantitative estimate of drug-likeness (QED) is 0.621. The summed E-state index contributed by atoms with van der Waals surface area (Å²) >= 11 is 1.13. The highest BCUT2D eigenvalue weighted by Crippen LogP contribution is 2.30. The topological polar surface area (TPSA) is 99.5 Å². The molecule has 0 aliphatic rings. The monoisotopic (exact) mass is 415 g/mol. The standard InChI is InChI=1S/C20H21N3O5S/c1-5-13(20(26)28-4)23-10-21-18-15(19(23)25)11(2)16(29-18)17(24)22-12-8-6-7-9-14(12)27-3/h6-10,13H,5H2,1-4H3,(H,22,24). The lowest BCUT2D eigenvalue weighted by molar-refractivity contribution is -0.144. The summed E-state index contributed by atoms with van der Waals surface area (Å²) in [5, 5.41) is 3.13. The van der Waals surface area contributed by atoms with E-state index in [0.29, 0.717) is 38.5 Å². The Bertz CT molecular complexity index is 1130. The lowest BCUT2D eigenvalue weighted by Gasteiger charge is -2.15. The van der Waals surface area contributed by atoms with Gasteiger partial charge >= 0.3 is 5.97 Å². The number of rotatable bonds is 6. The zero-order valence-electron chi connectivity index (χ0n) is 16.5. The Labute approximate surface area is 171 Å². The SMILES string of the molecule is CCC(C(=O)OC)n1cnc2sc(C(=O)Nc3ccccc3OC)c(C)c2c1=O. The second kappa shape index (κ2) is 8.44. The third-order valence-electron chi connectivity index (χ3n) is 4.63. The predicted molar refractivity (Wildman–Crippen MR) is 111 cm³/mol. The highest BCUT2D eigenvalue weighted by Gasteiger charge is 2.25. The first-order chi connectivity index (χ1) is 13.9. The van der Waals surface area contributed by atoms with Crippen LogP contribution in [0.3, 0.4) is 0 Å². The minimum absolute atomic E-state index is 0.324. The summed E-state index contributed by atoms with van der Waals surface area (Å²) in [4.78, 5) is 43.0. The van der Waals surface area contributed by atoms with Crippen molar-refractivity contribution in [2.24, 2.45) is 0 Å². The van der Waals surface area contributed by atoms with E-state index in [1.54, 1.807) is 38.1 Å². The van der Waals surface area contributed by atoms with Gasteiger partial charge in [-0.15, -0.1) is 11.3 Å². The van der Waals surface area contributed by atoms with Crippen molar-refractivity contribution in [3.63, 3.8) is 0 Å². The first kappa shape index (κ1) is 20.5. The second-order valence-electron chi connectivity index (χ2n) is 6.29. The minimum Gasteiger partial charge on any atom is -0.495 e. The number of para-hydroxylation sites is 2. The zero-order valence-corrected chi connectivity index (χ0v) is 17.3. The Morgan fingerprint density at radius 3 is 2.66 bits per heavy atom. The number of esters is 1. The molecule has 1 atom stereocenters. The fourth-order valence-electron chi connectivity index (χ4n) is 3.12. The summed E-state index contributed by atoms with van der Waals surface area (Å²) in [5.41, 5.74) is 0.667. The number of nitrogens with zero attached hydrogens (tertiary/aromatic N) is 2. The molecule has 0 saturated carbocycles. The molecule has 2 heterocycles. The zero-order chi connectivity index (χ0) is 21.1. The van der Waals surface area contributed by atoms with Crippen molar-refractivity contribution in [1.82, 2.24) is 9.55 Å². The van der Waals surface area contributed by atoms with Crippen LogP contribution in [0.4, 0.5) is 5.69 Å². The van der Waals surface area contributed by atoms with Crippen molar-refractivity contribution < 1.29 is 19.1 Å². The summed E-state index contributed by atoms with van der Waals surface area (Å²) in [6.07, 6.45) is 1.71. The number of carbonyl (C=O) groups excluding carboxylic acids is 2. The van der Waals surface area contributed by atoms with E-state index in [1.807, 2.05) is 0 Å². The number of anilines is 1. The van der Waals surface area contributed by atoms with E-state index in [-0.39, 0.29) is 11.5 Å². The molecule has 9 heteroatoms. The van der Waals surface area contributed by atoms with Gasteiger partial charge in [0.15, 0.2) is 0 Å². The van der Waals surface area contributed by atoms with Crippen molar-refractivity contribution in [1.29, 1.82) is 0 Å². The van der Waals surface area contributed by atoms with Crippen LogP contribution in [0.25, 0.3) is 10.2 Å². The number of hydrogen-bond donors (Lipinski definition) is 1. The molecule has 1 unspecified atom stereocenters. The number of carbonyl (C=O) groups is 2. The smallest absolute Gasteiger partial charge is 0.329 e. The van der Waals surface area contributed by atoms with Crippen LogP contribution in [0.1, 0.15) is 34.6 Å². The molecule has 3 aromatic rings. The van der Waals surface area contributed by atoms with Crippen molar-refractivity contribution >= 4 is 39.1 Å². The number of fused-ring (bicyclic) bond motifs is 1.